The van der Waals surface area contributed by atoms with E-state index >= 15 is 0 Å². The van der Waals surface area contributed by atoms with E-state index in [0.717, 1.165) is 37.4 Å². The third-order valence-corrected chi connectivity index (χ3v) is 6.46. The van der Waals surface area contributed by atoms with Crippen LogP contribution in [0.15, 0.2) is 11.4 Å². The van der Waals surface area contributed by atoms with Gasteiger partial charge in [-0.3, -0.25) is 9.69 Å². The molecule has 1 saturated heterocycles. The predicted octanol–water partition coefficient (Wildman–Crippen LogP) is 3.20. The zero-order chi connectivity index (χ0) is 25.0. The lowest BCUT2D eigenvalue weighted by Crippen LogP contribution is -2.37. The standard InChI is InChI=1S/C24H35N7O3S/c1-4-33-13-11-31(12-14-34-5-2)23(32)20-17-35-24(27-20)29-21-15-18(3)26-22(28-21)19-7-6-9-30(16-19)10-8-25/h15,17,19H,4-7,9-14,16H2,1-3H3,(H,26,27,28,29). The fourth-order valence-electron chi connectivity index (χ4n) is 4.00. The van der Waals surface area contributed by atoms with Crippen LogP contribution in [0.25, 0.3) is 0 Å². The lowest BCUT2D eigenvalue weighted by molar-refractivity contribution is 0.0546. The van der Waals surface area contributed by atoms with Gasteiger partial charge in [-0.05, 0) is 40.2 Å². The number of hydrogen-bond acceptors (Lipinski definition) is 10. The first-order valence-electron chi connectivity index (χ1n) is 12.2. The van der Waals surface area contributed by atoms with Crippen LogP contribution in [0.3, 0.4) is 0 Å². The van der Waals surface area contributed by atoms with Crippen LogP contribution in [0.5, 0.6) is 0 Å². The second-order valence-corrected chi connectivity index (χ2v) is 9.19. The average molecular weight is 502 g/mol. The highest BCUT2D eigenvalue weighted by Crippen LogP contribution is 2.27. The highest BCUT2D eigenvalue weighted by molar-refractivity contribution is 7.14. The van der Waals surface area contributed by atoms with Crippen molar-refractivity contribution >= 4 is 28.2 Å². The predicted molar refractivity (Wildman–Crippen MR) is 135 cm³/mol. The lowest BCUT2D eigenvalue weighted by atomic mass is 9.97. The number of aromatic nitrogens is 3. The topological polar surface area (TPSA) is 116 Å². The Morgan fingerprint density at radius 1 is 1.26 bits per heavy atom. The van der Waals surface area contributed by atoms with Gasteiger partial charge in [0.05, 0.1) is 25.8 Å². The molecule has 190 valence electrons. The molecule has 0 spiro atoms. The van der Waals surface area contributed by atoms with Crippen molar-refractivity contribution in [2.75, 3.05) is 64.5 Å². The number of carbonyl (C=O) groups excluding carboxylic acids is 1. The second-order valence-electron chi connectivity index (χ2n) is 8.33. The zero-order valence-electron chi connectivity index (χ0n) is 20.8. The van der Waals surface area contributed by atoms with E-state index in [-0.39, 0.29) is 11.8 Å². The van der Waals surface area contributed by atoms with Gasteiger partial charge in [0.1, 0.15) is 17.3 Å². The van der Waals surface area contributed by atoms with Crippen LogP contribution in [-0.4, -0.2) is 89.8 Å². The van der Waals surface area contributed by atoms with Crippen LogP contribution in [0.2, 0.25) is 0 Å². The van der Waals surface area contributed by atoms with Crippen molar-refractivity contribution in [2.45, 2.75) is 39.5 Å². The minimum Gasteiger partial charge on any atom is -0.380 e. The summed E-state index contributed by atoms with van der Waals surface area (Å²) in [5, 5.41) is 14.6. The Morgan fingerprint density at radius 2 is 2.00 bits per heavy atom. The van der Waals surface area contributed by atoms with Crippen molar-refractivity contribution in [1.29, 1.82) is 5.26 Å². The summed E-state index contributed by atoms with van der Waals surface area (Å²) in [7, 11) is 0. The molecule has 10 nitrogen and oxygen atoms in total. The molecule has 11 heteroatoms. The van der Waals surface area contributed by atoms with Gasteiger partial charge in [-0.25, -0.2) is 15.0 Å². The summed E-state index contributed by atoms with van der Waals surface area (Å²) >= 11 is 1.36. The van der Waals surface area contributed by atoms with Gasteiger partial charge in [0.25, 0.3) is 5.91 Å². The van der Waals surface area contributed by atoms with Gasteiger partial charge >= 0.3 is 0 Å². The molecular weight excluding hydrogens is 466 g/mol. The van der Waals surface area contributed by atoms with Crippen LogP contribution in [0.1, 0.15) is 54.6 Å². The summed E-state index contributed by atoms with van der Waals surface area (Å²) < 4.78 is 10.9. The molecule has 3 heterocycles. The number of ether oxygens (including phenoxy) is 2. The van der Waals surface area contributed by atoms with Crippen molar-refractivity contribution in [3.05, 3.63) is 28.7 Å². The van der Waals surface area contributed by atoms with E-state index in [0.29, 0.717) is 62.7 Å². The Kier molecular flexibility index (Phi) is 10.8. The highest BCUT2D eigenvalue weighted by Gasteiger charge is 2.24. The quantitative estimate of drug-likeness (QED) is 0.326. The number of aryl methyl sites for hydroxylation is 1. The number of rotatable bonds is 13. The molecule has 1 fully saturated rings. The summed E-state index contributed by atoms with van der Waals surface area (Å²) in [5.74, 6) is 1.48. The van der Waals surface area contributed by atoms with E-state index in [1.54, 1.807) is 10.3 Å². The number of piperidine rings is 1. The Bertz CT molecular complexity index is 984. The van der Waals surface area contributed by atoms with Gasteiger partial charge in [-0.2, -0.15) is 5.26 Å². The van der Waals surface area contributed by atoms with Gasteiger partial charge < -0.3 is 19.7 Å². The molecule has 0 aliphatic carbocycles. The molecule has 2 aromatic rings. The number of anilines is 2. The number of thiazole rings is 1. The number of likely N-dealkylation sites (tertiary alicyclic amines) is 1. The number of nitrogens with zero attached hydrogens (tertiary/aromatic N) is 6. The third-order valence-electron chi connectivity index (χ3n) is 5.70. The molecule has 0 radical (unpaired) electrons. The molecule has 1 atom stereocenters. The summed E-state index contributed by atoms with van der Waals surface area (Å²) in [5.41, 5.74) is 1.25. The summed E-state index contributed by atoms with van der Waals surface area (Å²) in [6.45, 7) is 11.1. The number of carbonyl (C=O) groups is 1. The lowest BCUT2D eigenvalue weighted by Gasteiger charge is -2.30. The molecule has 35 heavy (non-hydrogen) atoms. The molecule has 1 unspecified atom stereocenters. The summed E-state index contributed by atoms with van der Waals surface area (Å²) in [6, 6.07) is 4.11. The van der Waals surface area contributed by atoms with E-state index in [1.165, 1.54) is 11.3 Å². The van der Waals surface area contributed by atoms with Gasteiger partial charge in [-0.15, -0.1) is 11.3 Å². The van der Waals surface area contributed by atoms with Crippen molar-refractivity contribution in [2.24, 2.45) is 0 Å². The Labute approximate surface area is 211 Å². The van der Waals surface area contributed by atoms with Gasteiger partial charge in [0.15, 0.2) is 5.13 Å². The second kappa shape index (κ2) is 14.0. The van der Waals surface area contributed by atoms with Gasteiger partial charge in [0.2, 0.25) is 0 Å². The maximum Gasteiger partial charge on any atom is 0.273 e. The average Bonchev–Trinajstić information content (AvgIpc) is 3.31. The van der Waals surface area contributed by atoms with Crippen LogP contribution in [-0.2, 0) is 9.47 Å². The van der Waals surface area contributed by atoms with Gasteiger partial charge in [0, 0.05) is 55.9 Å². The molecule has 0 aromatic carbocycles. The fraction of sp³-hybridized carbons (Fsp3) is 0.625. The zero-order valence-corrected chi connectivity index (χ0v) is 21.6. The van der Waals surface area contributed by atoms with Crippen LogP contribution in [0.4, 0.5) is 10.9 Å². The van der Waals surface area contributed by atoms with Crippen LogP contribution in [0, 0.1) is 18.3 Å². The first kappa shape index (κ1) is 26.9. The normalized spacial score (nSPS) is 16.1. The number of amides is 1. The smallest absolute Gasteiger partial charge is 0.273 e. The molecular formula is C24H35N7O3S. The van der Waals surface area contributed by atoms with Crippen molar-refractivity contribution in [1.82, 2.24) is 24.8 Å². The SMILES string of the molecule is CCOCCN(CCOCC)C(=O)c1csc(Nc2cc(C)nc(C3CCCN(CC#N)C3)n2)n1. The molecule has 1 aliphatic rings. The Balaban J connectivity index is 1.68. The van der Waals surface area contributed by atoms with E-state index in [9.17, 15) is 4.79 Å². The minimum atomic E-state index is -0.145. The van der Waals surface area contributed by atoms with Crippen LogP contribution < -0.4 is 5.32 Å². The molecule has 0 bridgehead atoms. The van der Waals surface area contributed by atoms with E-state index < -0.39 is 0 Å². The monoisotopic (exact) mass is 501 g/mol. The van der Waals surface area contributed by atoms with E-state index in [4.69, 9.17) is 19.7 Å². The number of nitrogens with one attached hydrogen (secondary N) is 1. The van der Waals surface area contributed by atoms with Crippen molar-refractivity contribution in [3.8, 4) is 6.07 Å². The highest BCUT2D eigenvalue weighted by atomic mass is 32.1. The van der Waals surface area contributed by atoms with Gasteiger partial charge in [-0.1, -0.05) is 0 Å². The van der Waals surface area contributed by atoms with Crippen molar-refractivity contribution in [3.63, 3.8) is 0 Å². The van der Waals surface area contributed by atoms with E-state index in [2.05, 4.69) is 26.3 Å². The summed E-state index contributed by atoms with van der Waals surface area (Å²) in [6.07, 6.45) is 2.02. The molecule has 3 rings (SSSR count). The van der Waals surface area contributed by atoms with Crippen LogP contribution >= 0.6 is 11.3 Å². The maximum absolute atomic E-state index is 13.1. The largest absolute Gasteiger partial charge is 0.380 e. The Hall–Kier alpha value is -2.65. The molecule has 0 saturated carbocycles. The Morgan fingerprint density at radius 3 is 2.69 bits per heavy atom. The molecule has 1 N–H and O–H groups in total. The molecule has 2 aromatic heterocycles. The molecule has 1 amide bonds. The maximum atomic E-state index is 13.1. The third kappa shape index (κ3) is 8.21. The minimum absolute atomic E-state index is 0.145. The summed E-state index contributed by atoms with van der Waals surface area (Å²) in [4.78, 5) is 30.9. The fourth-order valence-corrected chi connectivity index (χ4v) is 4.69. The number of hydrogen-bond donors (Lipinski definition) is 1. The van der Waals surface area contributed by atoms with E-state index in [1.807, 2.05) is 26.8 Å². The first-order valence-corrected chi connectivity index (χ1v) is 13.0. The first-order chi connectivity index (χ1) is 17.0. The number of nitriles is 1. The molecule has 1 aliphatic heterocycles. The van der Waals surface area contributed by atoms with Crippen molar-refractivity contribution < 1.29 is 14.3 Å².